The minimum Gasteiger partial charge on any atom is -0.479 e. The van der Waals surface area contributed by atoms with Gasteiger partial charge in [0, 0.05) is 11.3 Å². The number of hydrogen-bond donors (Lipinski definition) is 3. The van der Waals surface area contributed by atoms with Crippen molar-refractivity contribution in [2.45, 2.75) is 13.0 Å². The number of esters is 1. The van der Waals surface area contributed by atoms with Crippen LogP contribution < -0.4 is 21.5 Å². The maximum Gasteiger partial charge on any atom is 0.346 e. The second kappa shape index (κ2) is 8.52. The lowest BCUT2D eigenvalue weighted by molar-refractivity contribution is -0.147. The molecule has 5 N–H and O–H groups in total. The van der Waals surface area contributed by atoms with E-state index in [2.05, 4.69) is 15.0 Å². The van der Waals surface area contributed by atoms with Gasteiger partial charge in [-0.25, -0.2) is 9.79 Å². The minimum atomic E-state index is -0.723. The Balaban J connectivity index is 2.03. The summed E-state index contributed by atoms with van der Waals surface area (Å²) in [5.74, 6) is -0.382. The lowest BCUT2D eigenvalue weighted by Crippen LogP contribution is -2.24. The van der Waals surface area contributed by atoms with Gasteiger partial charge in [0.25, 0.3) is 5.91 Å². The van der Waals surface area contributed by atoms with Crippen LogP contribution in [0.4, 0.5) is 11.4 Å². The van der Waals surface area contributed by atoms with E-state index >= 15 is 0 Å². The fourth-order valence-electron chi connectivity index (χ4n) is 2.10. The number of nitrogens with one attached hydrogen (secondary N) is 1. The fourth-order valence-corrected chi connectivity index (χ4v) is 2.10. The molecule has 0 radical (unpaired) electrons. The number of anilines is 1. The number of benzene rings is 2. The Hall–Kier alpha value is -3.55. The highest BCUT2D eigenvalue weighted by Crippen LogP contribution is 2.19. The van der Waals surface area contributed by atoms with Crippen molar-refractivity contribution in [2.24, 2.45) is 16.5 Å². The third kappa shape index (κ3) is 5.23. The smallest absolute Gasteiger partial charge is 0.346 e. The summed E-state index contributed by atoms with van der Waals surface area (Å²) in [4.78, 5) is 27.6. The summed E-state index contributed by atoms with van der Waals surface area (Å²) >= 11 is 0. The third-order valence-electron chi connectivity index (χ3n) is 3.32. The summed E-state index contributed by atoms with van der Waals surface area (Å²) < 4.78 is 10.0. The maximum atomic E-state index is 12.3. The van der Waals surface area contributed by atoms with E-state index in [1.165, 1.54) is 7.11 Å². The van der Waals surface area contributed by atoms with Crippen LogP contribution in [0.3, 0.4) is 0 Å². The van der Waals surface area contributed by atoms with Crippen LogP contribution in [-0.2, 0) is 9.53 Å². The van der Waals surface area contributed by atoms with Gasteiger partial charge in [0.05, 0.1) is 12.8 Å². The zero-order chi connectivity index (χ0) is 19.1. The second-order valence-electron chi connectivity index (χ2n) is 5.35. The van der Waals surface area contributed by atoms with E-state index in [1.807, 2.05) is 0 Å². The number of nitrogens with two attached hydrogens (primary N) is 2. The van der Waals surface area contributed by atoms with Crippen LogP contribution in [-0.4, -0.2) is 31.0 Å². The first-order valence-electron chi connectivity index (χ1n) is 7.74. The molecule has 0 heterocycles. The zero-order valence-electron chi connectivity index (χ0n) is 14.4. The molecule has 0 saturated heterocycles. The van der Waals surface area contributed by atoms with Crippen LogP contribution in [0, 0.1) is 0 Å². The summed E-state index contributed by atoms with van der Waals surface area (Å²) in [6.07, 6.45) is -0.723. The zero-order valence-corrected chi connectivity index (χ0v) is 14.4. The van der Waals surface area contributed by atoms with E-state index in [1.54, 1.807) is 55.5 Å². The van der Waals surface area contributed by atoms with Gasteiger partial charge in [0.1, 0.15) is 5.75 Å². The van der Waals surface area contributed by atoms with Crippen LogP contribution in [0.1, 0.15) is 17.3 Å². The summed E-state index contributed by atoms with van der Waals surface area (Å²) in [6, 6.07) is 13.2. The number of aliphatic imine (C=N–C) groups is 1. The lowest BCUT2D eigenvalue weighted by atomic mass is 10.2. The molecule has 2 aromatic rings. The molecule has 0 bridgehead atoms. The molecule has 0 aromatic heterocycles. The standard InChI is InChI=1S/C18H20N4O4/c1-11(17(24)25-2)26-15-8-6-13(7-9-15)21-16(23)12-4-3-5-14(10-12)22-18(19)20/h3-11H,1-2H3,(H,21,23)(H4,19,20,22). The summed E-state index contributed by atoms with van der Waals surface area (Å²) in [6.45, 7) is 1.59. The molecule has 2 rings (SSSR count). The Labute approximate surface area is 150 Å². The molecule has 8 nitrogen and oxygen atoms in total. The van der Waals surface area contributed by atoms with Crippen molar-refractivity contribution in [3.05, 3.63) is 54.1 Å². The number of rotatable bonds is 6. The maximum absolute atomic E-state index is 12.3. The predicted octanol–water partition coefficient (Wildman–Crippen LogP) is 1.78. The molecular weight excluding hydrogens is 336 g/mol. The summed E-state index contributed by atoms with van der Waals surface area (Å²) in [5, 5.41) is 2.76. The quantitative estimate of drug-likeness (QED) is 0.411. The van der Waals surface area contributed by atoms with E-state index in [9.17, 15) is 9.59 Å². The van der Waals surface area contributed by atoms with Gasteiger partial charge >= 0.3 is 5.97 Å². The molecule has 0 aliphatic heterocycles. The molecule has 1 unspecified atom stereocenters. The van der Waals surface area contributed by atoms with Gasteiger partial charge in [-0.2, -0.15) is 0 Å². The number of amides is 1. The molecular formula is C18H20N4O4. The Morgan fingerprint density at radius 2 is 1.81 bits per heavy atom. The SMILES string of the molecule is COC(=O)C(C)Oc1ccc(NC(=O)c2cccc(N=C(N)N)c2)cc1. The van der Waals surface area contributed by atoms with Crippen molar-refractivity contribution in [1.82, 2.24) is 0 Å². The van der Waals surface area contributed by atoms with Crippen molar-refractivity contribution in [2.75, 3.05) is 12.4 Å². The van der Waals surface area contributed by atoms with E-state index < -0.39 is 12.1 Å². The van der Waals surface area contributed by atoms with Gasteiger partial charge in [-0.15, -0.1) is 0 Å². The summed E-state index contributed by atoms with van der Waals surface area (Å²) in [5.41, 5.74) is 12.1. The number of carbonyl (C=O) groups excluding carboxylic acids is 2. The average Bonchev–Trinajstić information content (AvgIpc) is 2.62. The molecule has 1 atom stereocenters. The molecule has 8 heteroatoms. The summed E-state index contributed by atoms with van der Waals surface area (Å²) in [7, 11) is 1.29. The molecule has 0 spiro atoms. The van der Waals surface area contributed by atoms with E-state index in [0.29, 0.717) is 22.7 Å². The van der Waals surface area contributed by atoms with Crippen LogP contribution in [0.2, 0.25) is 0 Å². The first-order valence-corrected chi connectivity index (χ1v) is 7.74. The van der Waals surface area contributed by atoms with Crippen LogP contribution in [0.5, 0.6) is 5.75 Å². The lowest BCUT2D eigenvalue weighted by Gasteiger charge is -2.13. The average molecular weight is 356 g/mol. The van der Waals surface area contributed by atoms with E-state index in [-0.39, 0.29) is 11.9 Å². The fraction of sp³-hybridized carbons (Fsp3) is 0.167. The molecule has 2 aromatic carbocycles. The van der Waals surface area contributed by atoms with Gasteiger partial charge in [0.15, 0.2) is 12.1 Å². The highest BCUT2D eigenvalue weighted by atomic mass is 16.6. The Morgan fingerprint density at radius 1 is 1.12 bits per heavy atom. The second-order valence-corrected chi connectivity index (χ2v) is 5.35. The highest BCUT2D eigenvalue weighted by molar-refractivity contribution is 6.04. The van der Waals surface area contributed by atoms with E-state index in [0.717, 1.165) is 0 Å². The molecule has 26 heavy (non-hydrogen) atoms. The molecule has 1 amide bonds. The van der Waals surface area contributed by atoms with Crippen LogP contribution in [0.15, 0.2) is 53.5 Å². The van der Waals surface area contributed by atoms with Gasteiger partial charge in [-0.05, 0) is 49.4 Å². The number of carbonyl (C=O) groups is 2. The van der Waals surface area contributed by atoms with Crippen molar-refractivity contribution >= 4 is 29.2 Å². The van der Waals surface area contributed by atoms with Gasteiger partial charge in [-0.1, -0.05) is 6.07 Å². The van der Waals surface area contributed by atoms with Crippen molar-refractivity contribution in [3.63, 3.8) is 0 Å². The highest BCUT2D eigenvalue weighted by Gasteiger charge is 2.14. The number of guanidine groups is 1. The Morgan fingerprint density at radius 3 is 2.42 bits per heavy atom. The molecule has 0 aliphatic carbocycles. The largest absolute Gasteiger partial charge is 0.479 e. The number of hydrogen-bond acceptors (Lipinski definition) is 5. The Kier molecular flexibility index (Phi) is 6.15. The topological polar surface area (TPSA) is 129 Å². The molecule has 0 aliphatic rings. The molecule has 136 valence electrons. The predicted molar refractivity (Wildman–Crippen MR) is 98.4 cm³/mol. The van der Waals surface area contributed by atoms with Crippen LogP contribution >= 0.6 is 0 Å². The minimum absolute atomic E-state index is 0.0840. The first kappa shape index (κ1) is 18.8. The van der Waals surface area contributed by atoms with Crippen LogP contribution in [0.25, 0.3) is 0 Å². The van der Waals surface area contributed by atoms with Crippen molar-refractivity contribution in [3.8, 4) is 5.75 Å². The number of ether oxygens (including phenoxy) is 2. The monoisotopic (exact) mass is 356 g/mol. The van der Waals surface area contributed by atoms with Gasteiger partial charge in [-0.3, -0.25) is 4.79 Å². The Bertz CT molecular complexity index is 814. The first-order chi connectivity index (χ1) is 12.4. The van der Waals surface area contributed by atoms with Crippen molar-refractivity contribution < 1.29 is 19.1 Å². The normalized spacial score (nSPS) is 11.2. The van der Waals surface area contributed by atoms with E-state index in [4.69, 9.17) is 16.2 Å². The van der Waals surface area contributed by atoms with Gasteiger partial charge in [0.2, 0.25) is 0 Å². The number of nitrogens with zero attached hydrogens (tertiary/aromatic N) is 1. The number of methoxy groups -OCH3 is 1. The third-order valence-corrected chi connectivity index (χ3v) is 3.32. The molecule has 0 saturated carbocycles. The van der Waals surface area contributed by atoms with Gasteiger partial charge < -0.3 is 26.3 Å². The van der Waals surface area contributed by atoms with Crippen molar-refractivity contribution in [1.29, 1.82) is 0 Å². The molecule has 0 fully saturated rings.